The molecule has 2 N–H and O–H groups in total. The van der Waals surface area contributed by atoms with Crippen LogP contribution >= 0.6 is 12.2 Å². The Bertz CT molecular complexity index is 297. The molecule has 0 aromatic carbocycles. The van der Waals surface area contributed by atoms with Crippen molar-refractivity contribution in [3.05, 3.63) is 0 Å². The van der Waals surface area contributed by atoms with E-state index in [4.69, 9.17) is 18.0 Å². The Morgan fingerprint density at radius 1 is 1.54 bits per heavy atom. The minimum absolute atomic E-state index is 0.140. The van der Waals surface area contributed by atoms with Crippen molar-refractivity contribution in [2.45, 2.75) is 31.4 Å². The number of hydrogen-bond donors (Lipinski definition) is 1. The number of rotatable bonds is 3. The van der Waals surface area contributed by atoms with Crippen LogP contribution in [0.25, 0.3) is 0 Å². The van der Waals surface area contributed by atoms with Gasteiger partial charge in [0.15, 0.2) is 9.84 Å². The van der Waals surface area contributed by atoms with Crippen LogP contribution in [-0.4, -0.2) is 24.4 Å². The Hall–Kier alpha value is -0.160. The summed E-state index contributed by atoms with van der Waals surface area (Å²) in [6.07, 6.45) is 2.18. The molecule has 0 aliphatic heterocycles. The second-order valence-electron chi connectivity index (χ2n) is 3.49. The Kier molecular flexibility index (Phi) is 3.29. The number of sulfone groups is 1. The zero-order chi connectivity index (χ0) is 10.1. The van der Waals surface area contributed by atoms with Crippen LogP contribution in [0.1, 0.15) is 26.2 Å². The molecule has 0 heterocycles. The standard InChI is InChI=1S/C8H15NO2S2/c1-2-13(10,11)7-4-3-6(5-7)8(9)12/h6-7H,2-5H2,1H3,(H2,9,12). The van der Waals surface area contributed by atoms with Crippen molar-refractivity contribution in [2.24, 2.45) is 11.7 Å². The first-order valence-corrected chi connectivity index (χ1v) is 6.60. The number of nitrogens with two attached hydrogens (primary N) is 1. The van der Waals surface area contributed by atoms with Crippen LogP contribution < -0.4 is 5.73 Å². The monoisotopic (exact) mass is 221 g/mol. The van der Waals surface area contributed by atoms with Crippen molar-refractivity contribution >= 4 is 27.0 Å². The summed E-state index contributed by atoms with van der Waals surface area (Å²) < 4.78 is 23.0. The Morgan fingerprint density at radius 2 is 2.15 bits per heavy atom. The van der Waals surface area contributed by atoms with Crippen molar-refractivity contribution in [2.75, 3.05) is 5.75 Å². The van der Waals surface area contributed by atoms with Gasteiger partial charge in [-0.05, 0) is 19.3 Å². The molecule has 1 rings (SSSR count). The van der Waals surface area contributed by atoms with Gasteiger partial charge in [0.2, 0.25) is 0 Å². The zero-order valence-electron chi connectivity index (χ0n) is 7.69. The van der Waals surface area contributed by atoms with E-state index in [-0.39, 0.29) is 16.9 Å². The van der Waals surface area contributed by atoms with Gasteiger partial charge in [-0.25, -0.2) is 8.42 Å². The predicted octanol–water partition coefficient (Wildman–Crippen LogP) is 0.876. The van der Waals surface area contributed by atoms with Crippen molar-refractivity contribution in [3.8, 4) is 0 Å². The molecule has 13 heavy (non-hydrogen) atoms. The second-order valence-corrected chi connectivity index (χ2v) is 6.53. The van der Waals surface area contributed by atoms with Crippen LogP contribution in [0.2, 0.25) is 0 Å². The molecule has 0 aromatic rings. The maximum absolute atomic E-state index is 11.5. The molecule has 0 bridgehead atoms. The van der Waals surface area contributed by atoms with E-state index >= 15 is 0 Å². The molecule has 5 heteroatoms. The highest BCUT2D eigenvalue weighted by Crippen LogP contribution is 2.30. The van der Waals surface area contributed by atoms with Gasteiger partial charge in [0, 0.05) is 11.7 Å². The highest BCUT2D eigenvalue weighted by molar-refractivity contribution is 7.92. The zero-order valence-corrected chi connectivity index (χ0v) is 9.33. The van der Waals surface area contributed by atoms with Crippen molar-refractivity contribution in [3.63, 3.8) is 0 Å². The molecule has 1 fully saturated rings. The van der Waals surface area contributed by atoms with Crippen LogP contribution in [0, 0.1) is 5.92 Å². The summed E-state index contributed by atoms with van der Waals surface area (Å²) in [6, 6.07) is 0. The molecule has 76 valence electrons. The molecule has 1 aliphatic carbocycles. The summed E-state index contributed by atoms with van der Waals surface area (Å²) in [5.74, 6) is 0.364. The first kappa shape index (κ1) is 10.9. The van der Waals surface area contributed by atoms with Crippen LogP contribution in [-0.2, 0) is 9.84 Å². The minimum Gasteiger partial charge on any atom is -0.393 e. The normalized spacial score (nSPS) is 29.0. The predicted molar refractivity (Wildman–Crippen MR) is 57.4 cm³/mol. The van der Waals surface area contributed by atoms with E-state index < -0.39 is 9.84 Å². The van der Waals surface area contributed by atoms with Crippen LogP contribution in [0.5, 0.6) is 0 Å². The van der Waals surface area contributed by atoms with E-state index in [2.05, 4.69) is 0 Å². The fraction of sp³-hybridized carbons (Fsp3) is 0.875. The molecule has 3 nitrogen and oxygen atoms in total. The first-order chi connectivity index (χ1) is 5.97. The van der Waals surface area contributed by atoms with Crippen LogP contribution in [0.3, 0.4) is 0 Å². The van der Waals surface area contributed by atoms with E-state index in [1.807, 2.05) is 0 Å². The summed E-state index contributed by atoms with van der Waals surface area (Å²) in [5.41, 5.74) is 5.48. The van der Waals surface area contributed by atoms with Crippen LogP contribution in [0.4, 0.5) is 0 Å². The van der Waals surface area contributed by atoms with Gasteiger partial charge in [-0.3, -0.25) is 0 Å². The molecular formula is C8H15NO2S2. The van der Waals surface area contributed by atoms with Crippen molar-refractivity contribution in [1.29, 1.82) is 0 Å². The third-order valence-corrected chi connectivity index (χ3v) is 5.28. The van der Waals surface area contributed by atoms with E-state index in [9.17, 15) is 8.42 Å². The van der Waals surface area contributed by atoms with Gasteiger partial charge in [-0.1, -0.05) is 19.1 Å². The molecule has 0 spiro atoms. The highest BCUT2D eigenvalue weighted by Gasteiger charge is 2.33. The largest absolute Gasteiger partial charge is 0.393 e. The van der Waals surface area contributed by atoms with Gasteiger partial charge in [0.1, 0.15) is 0 Å². The van der Waals surface area contributed by atoms with Crippen LogP contribution in [0.15, 0.2) is 0 Å². The molecule has 0 aromatic heterocycles. The third kappa shape index (κ3) is 2.40. The molecule has 2 atom stereocenters. The number of thiocarbonyl (C=S) groups is 1. The molecule has 0 amide bonds. The maximum atomic E-state index is 11.5. The average Bonchev–Trinajstić information content (AvgIpc) is 2.52. The number of hydrogen-bond acceptors (Lipinski definition) is 3. The molecule has 0 radical (unpaired) electrons. The lowest BCUT2D eigenvalue weighted by atomic mass is 10.1. The lowest BCUT2D eigenvalue weighted by Crippen LogP contribution is -2.23. The highest BCUT2D eigenvalue weighted by atomic mass is 32.2. The van der Waals surface area contributed by atoms with Gasteiger partial charge < -0.3 is 5.73 Å². The minimum atomic E-state index is -2.88. The Labute approximate surface area is 84.6 Å². The van der Waals surface area contributed by atoms with Gasteiger partial charge in [0.05, 0.1) is 10.2 Å². The molecule has 0 saturated heterocycles. The van der Waals surface area contributed by atoms with Crippen molar-refractivity contribution in [1.82, 2.24) is 0 Å². The fourth-order valence-electron chi connectivity index (χ4n) is 1.76. The Morgan fingerprint density at radius 3 is 2.54 bits per heavy atom. The van der Waals surface area contributed by atoms with Gasteiger partial charge in [0.25, 0.3) is 0 Å². The maximum Gasteiger partial charge on any atom is 0.152 e. The van der Waals surface area contributed by atoms with E-state index in [1.54, 1.807) is 6.92 Å². The summed E-state index contributed by atoms with van der Waals surface area (Å²) >= 11 is 4.85. The summed E-state index contributed by atoms with van der Waals surface area (Å²) in [5, 5.41) is -0.205. The fourth-order valence-corrected chi connectivity index (χ4v) is 3.47. The summed E-state index contributed by atoms with van der Waals surface area (Å²) in [4.78, 5) is 0.466. The van der Waals surface area contributed by atoms with E-state index in [0.29, 0.717) is 11.4 Å². The first-order valence-electron chi connectivity index (χ1n) is 4.48. The van der Waals surface area contributed by atoms with Gasteiger partial charge in [-0.15, -0.1) is 0 Å². The molecule has 1 saturated carbocycles. The second kappa shape index (κ2) is 3.92. The lowest BCUT2D eigenvalue weighted by Gasteiger charge is -2.09. The van der Waals surface area contributed by atoms with Crippen molar-refractivity contribution < 1.29 is 8.42 Å². The topological polar surface area (TPSA) is 60.2 Å². The molecule has 1 aliphatic rings. The average molecular weight is 221 g/mol. The summed E-state index contributed by atoms with van der Waals surface area (Å²) in [6.45, 7) is 1.68. The lowest BCUT2D eigenvalue weighted by molar-refractivity contribution is 0.579. The SMILES string of the molecule is CCS(=O)(=O)C1CCC(C(N)=S)C1. The van der Waals surface area contributed by atoms with Gasteiger partial charge >= 0.3 is 0 Å². The van der Waals surface area contributed by atoms with E-state index in [0.717, 1.165) is 12.8 Å². The Balaban J connectivity index is 2.65. The van der Waals surface area contributed by atoms with Gasteiger partial charge in [-0.2, -0.15) is 0 Å². The molecular weight excluding hydrogens is 206 g/mol. The third-order valence-electron chi connectivity index (χ3n) is 2.70. The smallest absolute Gasteiger partial charge is 0.152 e. The molecule has 2 unspecified atom stereocenters. The summed E-state index contributed by atoms with van der Waals surface area (Å²) in [7, 11) is -2.88. The quantitative estimate of drug-likeness (QED) is 0.719. The van der Waals surface area contributed by atoms with E-state index in [1.165, 1.54) is 0 Å².